The molecule has 3 nitrogen and oxygen atoms in total. The van der Waals surface area contributed by atoms with E-state index in [0.717, 1.165) is 13.0 Å². The first-order chi connectivity index (χ1) is 12.1. The number of hydrogen-bond acceptors (Lipinski definition) is 3. The van der Waals surface area contributed by atoms with Crippen LogP contribution < -0.4 is 0 Å². The van der Waals surface area contributed by atoms with Gasteiger partial charge in [-0.2, -0.15) is 0 Å². The molecular formula is C23H40O3. The molecule has 3 heteroatoms. The van der Waals surface area contributed by atoms with E-state index in [1.165, 1.54) is 25.7 Å². The van der Waals surface area contributed by atoms with Crippen LogP contribution in [-0.2, 0) is 9.47 Å². The Morgan fingerprint density at radius 1 is 1.04 bits per heavy atom. The number of hydrogen-bond donors (Lipinski definition) is 1. The van der Waals surface area contributed by atoms with E-state index in [9.17, 15) is 5.11 Å². The van der Waals surface area contributed by atoms with Crippen LogP contribution in [0.15, 0.2) is 0 Å². The fourth-order valence-corrected chi connectivity index (χ4v) is 7.41. The largest absolute Gasteiger partial charge is 0.389 e. The Bertz CT molecular complexity index is 530. The summed E-state index contributed by atoms with van der Waals surface area (Å²) >= 11 is 0. The van der Waals surface area contributed by atoms with Crippen molar-refractivity contribution in [2.45, 2.75) is 91.1 Å². The Kier molecular flexibility index (Phi) is 4.77. The summed E-state index contributed by atoms with van der Waals surface area (Å²) in [6.07, 6.45) is 6.22. The van der Waals surface area contributed by atoms with E-state index in [2.05, 4.69) is 27.7 Å². The molecule has 1 saturated heterocycles. The van der Waals surface area contributed by atoms with Crippen LogP contribution in [-0.4, -0.2) is 29.2 Å². The van der Waals surface area contributed by atoms with Crippen LogP contribution in [0.4, 0.5) is 0 Å². The van der Waals surface area contributed by atoms with Crippen molar-refractivity contribution < 1.29 is 14.6 Å². The second kappa shape index (κ2) is 6.46. The van der Waals surface area contributed by atoms with Crippen LogP contribution in [0.3, 0.4) is 0 Å². The summed E-state index contributed by atoms with van der Waals surface area (Å²) < 4.78 is 12.6. The quantitative estimate of drug-likeness (QED) is 0.721. The highest BCUT2D eigenvalue weighted by Gasteiger charge is 2.65. The third-order valence-electron chi connectivity index (χ3n) is 8.81. The van der Waals surface area contributed by atoms with E-state index in [4.69, 9.17) is 9.47 Å². The summed E-state index contributed by atoms with van der Waals surface area (Å²) in [4.78, 5) is 0. The molecule has 4 rings (SSSR count). The van der Waals surface area contributed by atoms with Crippen LogP contribution in [0.5, 0.6) is 0 Å². The molecule has 1 N–H and O–H groups in total. The van der Waals surface area contributed by atoms with Crippen molar-refractivity contribution in [3.8, 4) is 0 Å². The Morgan fingerprint density at radius 2 is 1.77 bits per heavy atom. The van der Waals surface area contributed by atoms with Gasteiger partial charge in [-0.15, -0.1) is 0 Å². The SMILES string of the molecule is CC(C)[C@H]1CC[C@H](C)[C@@H]2CC[C@H](C)[C@@]3(O)C2[C@@H]2OC(C)(C)OC[C@@H]2C[C@@H]13. The summed E-state index contributed by atoms with van der Waals surface area (Å²) in [5.74, 6) is 3.47. The van der Waals surface area contributed by atoms with Crippen molar-refractivity contribution in [1.29, 1.82) is 0 Å². The van der Waals surface area contributed by atoms with E-state index in [1.807, 2.05) is 13.8 Å². The van der Waals surface area contributed by atoms with E-state index >= 15 is 0 Å². The van der Waals surface area contributed by atoms with Gasteiger partial charge >= 0.3 is 0 Å². The standard InChI is InChI=1S/C23H40O3/c1-13(2)17-9-7-14(3)18-10-8-15(4)23(24)19(17)11-16-12-25-22(5,6)26-21(16)20(18)23/h13-21,24H,7-12H2,1-6H3/t14-,15-,16-,17+,18-,19-,20?,21+,23-/m0/s1. The molecule has 4 aliphatic rings. The molecule has 0 radical (unpaired) electrons. The number of rotatable bonds is 1. The van der Waals surface area contributed by atoms with Gasteiger partial charge in [0.2, 0.25) is 0 Å². The van der Waals surface area contributed by atoms with Gasteiger partial charge in [0.15, 0.2) is 5.79 Å². The lowest BCUT2D eigenvalue weighted by molar-refractivity contribution is -0.352. The summed E-state index contributed by atoms with van der Waals surface area (Å²) in [6, 6.07) is 0. The maximum absolute atomic E-state index is 12.4. The first kappa shape index (κ1) is 19.2. The zero-order valence-corrected chi connectivity index (χ0v) is 17.7. The first-order valence-electron chi connectivity index (χ1n) is 11.2. The second-order valence-electron chi connectivity index (χ2n) is 10.9. The zero-order valence-electron chi connectivity index (χ0n) is 17.7. The highest BCUT2D eigenvalue weighted by atomic mass is 16.7. The van der Waals surface area contributed by atoms with Crippen molar-refractivity contribution in [1.82, 2.24) is 0 Å². The van der Waals surface area contributed by atoms with Crippen LogP contribution in [0.1, 0.15) is 73.6 Å². The monoisotopic (exact) mass is 364 g/mol. The minimum Gasteiger partial charge on any atom is -0.389 e. The van der Waals surface area contributed by atoms with Crippen molar-refractivity contribution in [2.24, 2.45) is 47.3 Å². The fourth-order valence-electron chi connectivity index (χ4n) is 7.41. The smallest absolute Gasteiger partial charge is 0.163 e. The average molecular weight is 365 g/mol. The minimum atomic E-state index is -0.568. The third kappa shape index (κ3) is 2.79. The molecule has 26 heavy (non-hydrogen) atoms. The summed E-state index contributed by atoms with van der Waals surface area (Å²) in [5.41, 5.74) is -0.568. The van der Waals surface area contributed by atoms with Crippen molar-refractivity contribution in [3.63, 3.8) is 0 Å². The van der Waals surface area contributed by atoms with Gasteiger partial charge in [0.05, 0.1) is 18.3 Å². The van der Waals surface area contributed by atoms with E-state index < -0.39 is 11.4 Å². The summed E-state index contributed by atoms with van der Waals surface area (Å²) in [7, 11) is 0. The van der Waals surface area contributed by atoms with Gasteiger partial charge in [0.1, 0.15) is 0 Å². The van der Waals surface area contributed by atoms with Crippen molar-refractivity contribution in [2.75, 3.05) is 6.61 Å². The molecule has 0 aromatic carbocycles. The van der Waals surface area contributed by atoms with E-state index in [1.54, 1.807) is 0 Å². The molecular weight excluding hydrogens is 324 g/mol. The maximum atomic E-state index is 12.4. The fraction of sp³-hybridized carbons (Fsp3) is 1.00. The predicted molar refractivity (Wildman–Crippen MR) is 104 cm³/mol. The van der Waals surface area contributed by atoms with Gasteiger partial charge in [0.25, 0.3) is 0 Å². The molecule has 9 atom stereocenters. The maximum Gasteiger partial charge on any atom is 0.163 e. The molecule has 3 aliphatic carbocycles. The molecule has 0 spiro atoms. The van der Waals surface area contributed by atoms with Crippen molar-refractivity contribution >= 4 is 0 Å². The number of fused-ring (bicyclic) bond motifs is 1. The summed E-state index contributed by atoms with van der Waals surface area (Å²) in [5, 5.41) is 12.4. The Labute approximate surface area is 160 Å². The molecule has 1 heterocycles. The topological polar surface area (TPSA) is 38.7 Å². The van der Waals surface area contributed by atoms with Gasteiger partial charge in [-0.25, -0.2) is 0 Å². The second-order valence-corrected chi connectivity index (χ2v) is 10.9. The normalized spacial score (nSPS) is 53.5. The lowest BCUT2D eigenvalue weighted by Crippen LogP contribution is -2.70. The zero-order chi connectivity index (χ0) is 18.9. The molecule has 4 fully saturated rings. The number of aliphatic hydroxyl groups is 1. The molecule has 1 unspecified atom stereocenters. The van der Waals surface area contributed by atoms with E-state index in [-0.39, 0.29) is 12.0 Å². The predicted octanol–water partition coefficient (Wildman–Crippen LogP) is 4.87. The van der Waals surface area contributed by atoms with Gasteiger partial charge in [-0.3, -0.25) is 0 Å². The molecule has 4 bridgehead atoms. The Balaban J connectivity index is 1.81. The lowest BCUT2D eigenvalue weighted by atomic mass is 9.45. The van der Waals surface area contributed by atoms with Crippen LogP contribution in [0.25, 0.3) is 0 Å². The van der Waals surface area contributed by atoms with Gasteiger partial charge in [-0.1, -0.05) is 34.1 Å². The van der Waals surface area contributed by atoms with Gasteiger partial charge < -0.3 is 14.6 Å². The molecule has 3 saturated carbocycles. The molecule has 0 amide bonds. The minimum absolute atomic E-state index is 0.154. The third-order valence-corrected chi connectivity index (χ3v) is 8.81. The van der Waals surface area contributed by atoms with Crippen LogP contribution in [0.2, 0.25) is 0 Å². The molecule has 150 valence electrons. The highest BCUT2D eigenvalue weighted by molar-refractivity contribution is 5.13. The molecule has 1 aliphatic heterocycles. The lowest BCUT2D eigenvalue weighted by Gasteiger charge is -2.65. The van der Waals surface area contributed by atoms with Crippen LogP contribution >= 0.6 is 0 Å². The number of ether oxygens (including phenoxy) is 2. The molecule has 0 aromatic heterocycles. The average Bonchev–Trinajstić information content (AvgIpc) is 2.55. The van der Waals surface area contributed by atoms with Crippen LogP contribution in [0, 0.1) is 47.3 Å². The summed E-state index contributed by atoms with van der Waals surface area (Å²) in [6.45, 7) is 14.4. The van der Waals surface area contributed by atoms with Crippen molar-refractivity contribution in [3.05, 3.63) is 0 Å². The van der Waals surface area contributed by atoms with Gasteiger partial charge in [0, 0.05) is 11.8 Å². The Hall–Kier alpha value is -0.120. The van der Waals surface area contributed by atoms with Gasteiger partial charge in [-0.05, 0) is 75.0 Å². The highest BCUT2D eigenvalue weighted by Crippen LogP contribution is 2.61. The Morgan fingerprint density at radius 3 is 2.46 bits per heavy atom. The first-order valence-corrected chi connectivity index (χ1v) is 11.2. The van der Waals surface area contributed by atoms with E-state index in [0.29, 0.717) is 41.4 Å². The molecule has 0 aromatic rings.